The van der Waals surface area contributed by atoms with Gasteiger partial charge in [-0.25, -0.2) is 0 Å². The van der Waals surface area contributed by atoms with Crippen LogP contribution in [0.15, 0.2) is 118 Å². The van der Waals surface area contributed by atoms with E-state index in [4.69, 9.17) is 0 Å². The molecule has 7 aromatic rings. The number of rotatable bonds is 2. The van der Waals surface area contributed by atoms with E-state index in [1.165, 1.54) is 43.6 Å². The molecule has 0 unspecified atom stereocenters. The van der Waals surface area contributed by atoms with E-state index < -0.39 is 0 Å². The molecule has 0 spiro atoms. The van der Waals surface area contributed by atoms with Crippen molar-refractivity contribution in [2.45, 2.75) is 0 Å². The van der Waals surface area contributed by atoms with Crippen LogP contribution in [-0.2, 0) is 0 Å². The molecule has 0 radical (unpaired) electrons. The molecular formula is C30H18Br2N2. The highest BCUT2D eigenvalue weighted by atomic mass is 79.9. The first kappa shape index (κ1) is 20.1. The van der Waals surface area contributed by atoms with E-state index in [1.54, 1.807) is 0 Å². The van der Waals surface area contributed by atoms with Crippen LogP contribution in [0.2, 0.25) is 0 Å². The fraction of sp³-hybridized carbons (Fsp3) is 0. The van der Waals surface area contributed by atoms with Crippen molar-refractivity contribution in [1.29, 1.82) is 0 Å². The number of aromatic nitrogens is 2. The maximum atomic E-state index is 3.66. The molecule has 5 aromatic carbocycles. The molecule has 2 aromatic heterocycles. The molecule has 0 saturated carbocycles. The predicted octanol–water partition coefficient (Wildman–Crippen LogP) is 9.41. The monoisotopic (exact) mass is 564 g/mol. The lowest BCUT2D eigenvalue weighted by Crippen LogP contribution is -1.98. The molecule has 0 N–H and O–H groups in total. The summed E-state index contributed by atoms with van der Waals surface area (Å²) in [4.78, 5) is 0. The lowest BCUT2D eigenvalue weighted by molar-refractivity contribution is 1.13. The lowest BCUT2D eigenvalue weighted by atomic mass is 10.2. The molecule has 0 bridgehead atoms. The Hall–Kier alpha value is -3.34. The van der Waals surface area contributed by atoms with Gasteiger partial charge in [-0.05, 0) is 66.7 Å². The summed E-state index contributed by atoms with van der Waals surface area (Å²) in [5.41, 5.74) is 7.11. The van der Waals surface area contributed by atoms with Crippen LogP contribution >= 0.6 is 31.9 Å². The van der Waals surface area contributed by atoms with Gasteiger partial charge in [-0.1, -0.05) is 74.3 Å². The summed E-state index contributed by atoms with van der Waals surface area (Å²) >= 11 is 7.31. The average molecular weight is 566 g/mol. The smallest absolute Gasteiger partial charge is 0.0541 e. The molecule has 0 fully saturated rings. The number of benzene rings is 5. The van der Waals surface area contributed by atoms with Crippen LogP contribution < -0.4 is 0 Å². The van der Waals surface area contributed by atoms with Crippen molar-refractivity contribution in [2.24, 2.45) is 0 Å². The third kappa shape index (κ3) is 2.92. The van der Waals surface area contributed by atoms with Crippen LogP contribution in [0.5, 0.6) is 0 Å². The number of hydrogen-bond donors (Lipinski definition) is 0. The first-order valence-corrected chi connectivity index (χ1v) is 12.8. The average Bonchev–Trinajstić information content (AvgIpc) is 3.36. The van der Waals surface area contributed by atoms with E-state index in [2.05, 4.69) is 150 Å². The molecule has 162 valence electrons. The summed E-state index contributed by atoms with van der Waals surface area (Å²) in [6.07, 6.45) is 0. The molecule has 7 rings (SSSR count). The molecular weight excluding hydrogens is 548 g/mol. The predicted molar refractivity (Wildman–Crippen MR) is 151 cm³/mol. The van der Waals surface area contributed by atoms with E-state index in [0.29, 0.717) is 0 Å². The van der Waals surface area contributed by atoms with Crippen molar-refractivity contribution < 1.29 is 0 Å². The first-order chi connectivity index (χ1) is 16.7. The summed E-state index contributed by atoms with van der Waals surface area (Å²) in [7, 11) is 0. The van der Waals surface area contributed by atoms with Crippen molar-refractivity contribution in [3.63, 3.8) is 0 Å². The highest BCUT2D eigenvalue weighted by molar-refractivity contribution is 9.10. The summed E-state index contributed by atoms with van der Waals surface area (Å²) in [6, 6.07) is 39.2. The Morgan fingerprint density at radius 2 is 0.824 bits per heavy atom. The van der Waals surface area contributed by atoms with Gasteiger partial charge in [0.25, 0.3) is 0 Å². The van der Waals surface area contributed by atoms with Crippen LogP contribution in [0.25, 0.3) is 55.0 Å². The van der Waals surface area contributed by atoms with Gasteiger partial charge in [0.05, 0.1) is 22.1 Å². The molecule has 34 heavy (non-hydrogen) atoms. The third-order valence-electron chi connectivity index (χ3n) is 6.62. The van der Waals surface area contributed by atoms with Crippen LogP contribution in [0.4, 0.5) is 0 Å². The zero-order chi connectivity index (χ0) is 22.8. The highest BCUT2D eigenvalue weighted by Gasteiger charge is 2.15. The van der Waals surface area contributed by atoms with Crippen LogP contribution in [0, 0.1) is 0 Å². The number of hydrogen-bond acceptors (Lipinski definition) is 0. The summed E-state index contributed by atoms with van der Waals surface area (Å²) in [5, 5.41) is 5.01. The van der Waals surface area contributed by atoms with E-state index in [-0.39, 0.29) is 0 Å². The van der Waals surface area contributed by atoms with Crippen molar-refractivity contribution in [3.05, 3.63) is 118 Å². The second kappa shape index (κ2) is 7.59. The van der Waals surface area contributed by atoms with Crippen molar-refractivity contribution in [2.75, 3.05) is 0 Å². The largest absolute Gasteiger partial charge is 0.309 e. The third-order valence-corrected chi connectivity index (χ3v) is 7.60. The molecule has 2 nitrogen and oxygen atoms in total. The molecule has 0 aliphatic carbocycles. The van der Waals surface area contributed by atoms with Gasteiger partial charge in [0, 0.05) is 41.9 Å². The van der Waals surface area contributed by atoms with E-state index in [9.17, 15) is 0 Å². The normalized spacial score (nSPS) is 11.8. The summed E-state index contributed by atoms with van der Waals surface area (Å²) in [6.45, 7) is 0. The Morgan fingerprint density at radius 1 is 0.382 bits per heavy atom. The standard InChI is InChI=1S/C30H18Br2N2/c31-19-12-14-29-25(16-19)23-8-1-3-10-27(23)33(29)21-6-5-7-22(18-21)34-28-11-4-2-9-24(28)26-17-20(32)13-15-30(26)34/h1-18H. The van der Waals surface area contributed by atoms with Gasteiger partial charge in [-0.2, -0.15) is 0 Å². The number of para-hydroxylation sites is 2. The minimum atomic E-state index is 1.09. The van der Waals surface area contributed by atoms with E-state index >= 15 is 0 Å². The fourth-order valence-corrected chi connectivity index (χ4v) is 5.94. The SMILES string of the molecule is Brc1ccc2c(c1)c1ccccc1n2-c1cccc(-n2c3ccccc3c3cc(Br)ccc32)c1. The quantitative estimate of drug-likeness (QED) is 0.197. The molecule has 0 saturated heterocycles. The first-order valence-electron chi connectivity index (χ1n) is 11.2. The number of nitrogens with zero attached hydrogens (tertiary/aromatic N) is 2. The number of fused-ring (bicyclic) bond motifs is 6. The molecule has 2 heterocycles. The van der Waals surface area contributed by atoms with Crippen LogP contribution in [0.1, 0.15) is 0 Å². The maximum Gasteiger partial charge on any atom is 0.0541 e. The van der Waals surface area contributed by atoms with Crippen molar-refractivity contribution in [1.82, 2.24) is 9.13 Å². The Labute approximate surface area is 213 Å². The fourth-order valence-electron chi connectivity index (χ4n) is 5.22. The summed E-state index contributed by atoms with van der Waals surface area (Å²) < 4.78 is 6.91. The van der Waals surface area contributed by atoms with Gasteiger partial charge < -0.3 is 9.13 Å². The van der Waals surface area contributed by atoms with Gasteiger partial charge in [0.2, 0.25) is 0 Å². The highest BCUT2D eigenvalue weighted by Crippen LogP contribution is 2.36. The van der Waals surface area contributed by atoms with Crippen LogP contribution in [-0.4, -0.2) is 9.13 Å². The van der Waals surface area contributed by atoms with Crippen molar-refractivity contribution in [3.8, 4) is 11.4 Å². The van der Waals surface area contributed by atoms with Crippen molar-refractivity contribution >= 4 is 75.5 Å². The van der Waals surface area contributed by atoms with E-state index in [0.717, 1.165) is 20.3 Å². The minimum Gasteiger partial charge on any atom is -0.309 e. The zero-order valence-electron chi connectivity index (χ0n) is 18.0. The molecule has 0 aliphatic heterocycles. The molecule has 0 aliphatic rings. The molecule has 4 heteroatoms. The summed E-state index contributed by atoms with van der Waals surface area (Å²) in [5.74, 6) is 0. The van der Waals surface area contributed by atoms with Gasteiger partial charge in [0.1, 0.15) is 0 Å². The van der Waals surface area contributed by atoms with Gasteiger partial charge in [0.15, 0.2) is 0 Å². The molecule has 0 atom stereocenters. The Kier molecular flexibility index (Phi) is 4.48. The molecule has 0 amide bonds. The zero-order valence-corrected chi connectivity index (χ0v) is 21.2. The Balaban J connectivity index is 1.54. The topological polar surface area (TPSA) is 9.86 Å². The second-order valence-corrected chi connectivity index (χ2v) is 10.4. The lowest BCUT2D eigenvalue weighted by Gasteiger charge is -2.12. The minimum absolute atomic E-state index is 1.09. The van der Waals surface area contributed by atoms with Gasteiger partial charge in [-0.3, -0.25) is 0 Å². The Morgan fingerprint density at radius 3 is 1.32 bits per heavy atom. The van der Waals surface area contributed by atoms with Gasteiger partial charge >= 0.3 is 0 Å². The second-order valence-electron chi connectivity index (χ2n) is 8.55. The van der Waals surface area contributed by atoms with Gasteiger partial charge in [-0.15, -0.1) is 0 Å². The van der Waals surface area contributed by atoms with Crippen LogP contribution in [0.3, 0.4) is 0 Å². The van der Waals surface area contributed by atoms with E-state index in [1.807, 2.05) is 0 Å². The Bertz CT molecular complexity index is 1760. The maximum absolute atomic E-state index is 3.66. The number of halogens is 2.